The van der Waals surface area contributed by atoms with Crippen molar-refractivity contribution in [3.63, 3.8) is 0 Å². The maximum atomic E-state index is 6.54. The number of benzene rings is 3. The van der Waals surface area contributed by atoms with Crippen molar-refractivity contribution in [2.24, 2.45) is 5.92 Å². The average molecular weight is 407 g/mol. The van der Waals surface area contributed by atoms with Crippen molar-refractivity contribution in [2.75, 3.05) is 10.6 Å². The molecule has 1 aliphatic carbocycles. The monoisotopic (exact) mass is 406 g/mol. The van der Waals surface area contributed by atoms with Crippen molar-refractivity contribution in [2.45, 2.75) is 18.4 Å². The molecule has 3 aromatic rings. The van der Waals surface area contributed by atoms with Gasteiger partial charge in [0.1, 0.15) is 0 Å². The molecule has 3 aromatic carbocycles. The molecule has 4 heteroatoms. The van der Waals surface area contributed by atoms with Gasteiger partial charge in [0.2, 0.25) is 0 Å². The molecule has 0 bridgehead atoms. The quantitative estimate of drug-likeness (QED) is 0.438. The Bertz CT molecular complexity index is 1050. The standard InChI is InChI=1S/C24H20Cl2N2/c25-15-9-11-20(22(26)13-15)24-19-8-4-7-18(19)21-14-17(10-12-23(21)28-24)27-16-5-2-1-3-6-16/h1-7,9-14,18-19,24,27-28H,8H2. The number of hydrogen-bond donors (Lipinski definition) is 2. The van der Waals surface area contributed by atoms with Gasteiger partial charge in [-0.2, -0.15) is 0 Å². The number of nitrogens with one attached hydrogen (secondary N) is 2. The summed E-state index contributed by atoms with van der Waals surface area (Å²) in [6.45, 7) is 0. The predicted molar refractivity (Wildman–Crippen MR) is 119 cm³/mol. The summed E-state index contributed by atoms with van der Waals surface area (Å²) in [5.41, 5.74) is 5.81. The smallest absolute Gasteiger partial charge is 0.0568 e. The average Bonchev–Trinajstić information content (AvgIpc) is 3.19. The van der Waals surface area contributed by atoms with E-state index in [9.17, 15) is 0 Å². The van der Waals surface area contributed by atoms with Gasteiger partial charge in [-0.05, 0) is 65.9 Å². The topological polar surface area (TPSA) is 24.1 Å². The van der Waals surface area contributed by atoms with Crippen LogP contribution in [0.3, 0.4) is 0 Å². The van der Waals surface area contributed by atoms with E-state index in [-0.39, 0.29) is 6.04 Å². The van der Waals surface area contributed by atoms with E-state index in [0.29, 0.717) is 16.9 Å². The van der Waals surface area contributed by atoms with Crippen molar-refractivity contribution >= 4 is 40.3 Å². The van der Waals surface area contributed by atoms with Gasteiger partial charge >= 0.3 is 0 Å². The minimum Gasteiger partial charge on any atom is -0.378 e. The molecule has 0 fully saturated rings. The van der Waals surface area contributed by atoms with E-state index >= 15 is 0 Å². The van der Waals surface area contributed by atoms with Gasteiger partial charge in [0.25, 0.3) is 0 Å². The fourth-order valence-electron chi connectivity index (χ4n) is 4.42. The van der Waals surface area contributed by atoms with Crippen molar-refractivity contribution < 1.29 is 0 Å². The zero-order valence-corrected chi connectivity index (χ0v) is 16.7. The van der Waals surface area contributed by atoms with Gasteiger partial charge in [-0.3, -0.25) is 0 Å². The molecule has 0 amide bonds. The number of halogens is 2. The lowest BCUT2D eigenvalue weighted by Crippen LogP contribution is -2.29. The largest absolute Gasteiger partial charge is 0.378 e. The number of rotatable bonds is 3. The Morgan fingerprint density at radius 1 is 0.857 bits per heavy atom. The van der Waals surface area contributed by atoms with E-state index < -0.39 is 0 Å². The van der Waals surface area contributed by atoms with Gasteiger partial charge in [-0.25, -0.2) is 0 Å². The lowest BCUT2D eigenvalue weighted by Gasteiger charge is -2.38. The highest BCUT2D eigenvalue weighted by Gasteiger charge is 2.38. The molecule has 140 valence electrons. The molecule has 0 aromatic heterocycles. The first-order chi connectivity index (χ1) is 13.7. The summed E-state index contributed by atoms with van der Waals surface area (Å²) in [5.74, 6) is 0.823. The van der Waals surface area contributed by atoms with Gasteiger partial charge in [0.15, 0.2) is 0 Å². The molecule has 2 aliphatic rings. The predicted octanol–water partition coefficient (Wildman–Crippen LogP) is 7.56. The minimum absolute atomic E-state index is 0.171. The molecule has 5 rings (SSSR count). The second kappa shape index (κ2) is 7.20. The summed E-state index contributed by atoms with van der Waals surface area (Å²) >= 11 is 12.6. The molecule has 0 radical (unpaired) electrons. The number of allylic oxidation sites excluding steroid dienone is 2. The van der Waals surface area contributed by atoms with Crippen LogP contribution in [-0.4, -0.2) is 0 Å². The highest BCUT2D eigenvalue weighted by molar-refractivity contribution is 6.35. The minimum atomic E-state index is 0.171. The summed E-state index contributed by atoms with van der Waals surface area (Å²) in [7, 11) is 0. The maximum absolute atomic E-state index is 6.54. The van der Waals surface area contributed by atoms with Crippen molar-refractivity contribution in [1.82, 2.24) is 0 Å². The number of hydrogen-bond acceptors (Lipinski definition) is 2. The first-order valence-electron chi connectivity index (χ1n) is 9.53. The zero-order chi connectivity index (χ0) is 19.1. The fourth-order valence-corrected chi connectivity index (χ4v) is 4.95. The Morgan fingerprint density at radius 2 is 1.71 bits per heavy atom. The van der Waals surface area contributed by atoms with Crippen LogP contribution in [0.2, 0.25) is 10.0 Å². The second-order valence-corrected chi connectivity index (χ2v) is 8.28. The molecule has 2 N–H and O–H groups in total. The summed E-state index contributed by atoms with van der Waals surface area (Å²) in [4.78, 5) is 0. The van der Waals surface area contributed by atoms with Crippen LogP contribution in [-0.2, 0) is 0 Å². The van der Waals surface area contributed by atoms with Crippen LogP contribution in [0.1, 0.15) is 29.5 Å². The third-order valence-electron chi connectivity index (χ3n) is 5.72. The first-order valence-corrected chi connectivity index (χ1v) is 10.3. The second-order valence-electron chi connectivity index (χ2n) is 7.43. The SMILES string of the molecule is Clc1ccc(C2Nc3ccc(Nc4ccccc4)cc3C3C=CCC32)c(Cl)c1. The van der Waals surface area contributed by atoms with Gasteiger partial charge < -0.3 is 10.6 Å². The summed E-state index contributed by atoms with van der Waals surface area (Å²) < 4.78 is 0. The Morgan fingerprint density at radius 3 is 2.54 bits per heavy atom. The Kier molecular flexibility index (Phi) is 4.54. The molecule has 28 heavy (non-hydrogen) atoms. The lowest BCUT2D eigenvalue weighted by molar-refractivity contribution is 0.426. The third kappa shape index (κ3) is 3.17. The molecule has 3 atom stereocenters. The fraction of sp³-hybridized carbons (Fsp3) is 0.167. The summed E-state index contributed by atoms with van der Waals surface area (Å²) in [5, 5.41) is 8.64. The zero-order valence-electron chi connectivity index (χ0n) is 15.2. The molecule has 1 aliphatic heterocycles. The summed E-state index contributed by atoms with van der Waals surface area (Å²) in [6.07, 6.45) is 5.67. The van der Waals surface area contributed by atoms with Crippen LogP contribution in [0.5, 0.6) is 0 Å². The van der Waals surface area contributed by atoms with Crippen LogP contribution in [0.4, 0.5) is 17.1 Å². The van der Waals surface area contributed by atoms with E-state index in [1.54, 1.807) is 0 Å². The van der Waals surface area contributed by atoms with Crippen LogP contribution >= 0.6 is 23.2 Å². The summed E-state index contributed by atoms with van der Waals surface area (Å²) in [6, 6.07) is 22.8. The maximum Gasteiger partial charge on any atom is 0.0568 e. The van der Waals surface area contributed by atoms with Crippen LogP contribution in [0.25, 0.3) is 0 Å². The van der Waals surface area contributed by atoms with Gasteiger partial charge in [-0.1, -0.05) is 59.6 Å². The molecule has 2 nitrogen and oxygen atoms in total. The third-order valence-corrected chi connectivity index (χ3v) is 6.29. The number of para-hydroxylation sites is 1. The first kappa shape index (κ1) is 17.7. The van der Waals surface area contributed by atoms with Crippen molar-refractivity contribution in [3.05, 3.63) is 100 Å². The van der Waals surface area contributed by atoms with E-state index in [0.717, 1.165) is 28.4 Å². The van der Waals surface area contributed by atoms with Gasteiger partial charge in [-0.15, -0.1) is 0 Å². The molecule has 1 heterocycles. The van der Waals surface area contributed by atoms with Gasteiger partial charge in [0, 0.05) is 33.0 Å². The Labute approximate surface area is 175 Å². The molecular formula is C24H20Cl2N2. The van der Waals surface area contributed by atoms with E-state index in [1.165, 1.54) is 11.3 Å². The highest BCUT2D eigenvalue weighted by atomic mass is 35.5. The van der Waals surface area contributed by atoms with E-state index in [2.05, 4.69) is 53.1 Å². The molecule has 0 saturated carbocycles. The lowest BCUT2D eigenvalue weighted by atomic mass is 9.77. The van der Waals surface area contributed by atoms with Crippen LogP contribution in [0.15, 0.2) is 78.9 Å². The number of anilines is 3. The van der Waals surface area contributed by atoms with E-state index in [1.807, 2.05) is 36.4 Å². The van der Waals surface area contributed by atoms with E-state index in [4.69, 9.17) is 23.2 Å². The normalized spacial score (nSPS) is 22.3. The molecular weight excluding hydrogens is 387 g/mol. The Balaban J connectivity index is 1.50. The molecule has 0 spiro atoms. The van der Waals surface area contributed by atoms with Crippen LogP contribution < -0.4 is 10.6 Å². The van der Waals surface area contributed by atoms with Crippen molar-refractivity contribution in [1.29, 1.82) is 0 Å². The molecule has 3 unspecified atom stereocenters. The highest BCUT2D eigenvalue weighted by Crippen LogP contribution is 2.51. The van der Waals surface area contributed by atoms with Gasteiger partial charge in [0.05, 0.1) is 6.04 Å². The van der Waals surface area contributed by atoms with Crippen LogP contribution in [0, 0.1) is 5.92 Å². The number of fused-ring (bicyclic) bond motifs is 3. The Hall–Kier alpha value is -2.42. The molecule has 0 saturated heterocycles. The van der Waals surface area contributed by atoms with Crippen molar-refractivity contribution in [3.8, 4) is 0 Å².